The van der Waals surface area contributed by atoms with E-state index in [2.05, 4.69) is 211 Å². The summed E-state index contributed by atoms with van der Waals surface area (Å²) in [5.74, 6) is 0. The van der Waals surface area contributed by atoms with Gasteiger partial charge in [-0.1, -0.05) is 170 Å². The van der Waals surface area contributed by atoms with Gasteiger partial charge in [0, 0.05) is 32.8 Å². The van der Waals surface area contributed by atoms with Gasteiger partial charge in [-0.2, -0.15) is 0 Å². The SMILES string of the molecule is c1cc(-c2ccc(N(c3ccccc3-c3cccc4ccc5c6ccccc6oc5c34)c3cccc4ccccc34)cc2)cc(-c2cccc3ccccc23)c1. The second-order valence-corrected chi connectivity index (χ2v) is 14.4. The van der Waals surface area contributed by atoms with Gasteiger partial charge in [0.15, 0.2) is 0 Å². The fourth-order valence-corrected chi connectivity index (χ4v) is 8.63. The third-order valence-corrected chi connectivity index (χ3v) is 11.3. The van der Waals surface area contributed by atoms with E-state index >= 15 is 0 Å². The van der Waals surface area contributed by atoms with Crippen LogP contribution in [0.4, 0.5) is 17.1 Å². The normalized spacial score (nSPS) is 11.6. The molecular formula is C54H35NO. The minimum Gasteiger partial charge on any atom is -0.455 e. The van der Waals surface area contributed by atoms with Gasteiger partial charge in [-0.15, -0.1) is 0 Å². The summed E-state index contributed by atoms with van der Waals surface area (Å²) >= 11 is 0. The molecule has 0 radical (unpaired) electrons. The lowest BCUT2D eigenvalue weighted by Gasteiger charge is -2.29. The Morgan fingerprint density at radius 2 is 0.911 bits per heavy atom. The summed E-state index contributed by atoms with van der Waals surface area (Å²) in [6.45, 7) is 0. The van der Waals surface area contributed by atoms with E-state index < -0.39 is 0 Å². The van der Waals surface area contributed by atoms with E-state index in [0.29, 0.717) is 0 Å². The van der Waals surface area contributed by atoms with Crippen molar-refractivity contribution in [3.8, 4) is 33.4 Å². The van der Waals surface area contributed by atoms with Crippen LogP contribution in [-0.2, 0) is 0 Å². The molecule has 0 aliphatic carbocycles. The van der Waals surface area contributed by atoms with Gasteiger partial charge < -0.3 is 9.32 Å². The molecule has 2 nitrogen and oxygen atoms in total. The summed E-state index contributed by atoms with van der Waals surface area (Å²) in [4.78, 5) is 2.42. The second kappa shape index (κ2) is 13.2. The highest BCUT2D eigenvalue weighted by Crippen LogP contribution is 2.47. The number of hydrogen-bond donors (Lipinski definition) is 0. The number of anilines is 3. The lowest BCUT2D eigenvalue weighted by Crippen LogP contribution is -2.11. The Bertz CT molecular complexity index is 3250. The molecule has 10 aromatic carbocycles. The van der Waals surface area contributed by atoms with Crippen molar-refractivity contribution in [1.82, 2.24) is 0 Å². The van der Waals surface area contributed by atoms with Crippen molar-refractivity contribution in [3.05, 3.63) is 212 Å². The Morgan fingerprint density at radius 1 is 0.321 bits per heavy atom. The zero-order chi connectivity index (χ0) is 37.0. The molecule has 0 amide bonds. The highest BCUT2D eigenvalue weighted by molar-refractivity contribution is 6.19. The predicted molar refractivity (Wildman–Crippen MR) is 237 cm³/mol. The lowest BCUT2D eigenvalue weighted by molar-refractivity contribution is 0.673. The minimum atomic E-state index is 0.901. The first-order valence-corrected chi connectivity index (χ1v) is 19.2. The topological polar surface area (TPSA) is 16.4 Å². The molecule has 0 bridgehead atoms. The van der Waals surface area contributed by atoms with E-state index in [4.69, 9.17) is 4.42 Å². The average Bonchev–Trinajstić information content (AvgIpc) is 3.66. The quantitative estimate of drug-likeness (QED) is 0.171. The summed E-state index contributed by atoms with van der Waals surface area (Å²) in [5, 5.41) is 9.43. The molecule has 11 rings (SSSR count). The third-order valence-electron chi connectivity index (χ3n) is 11.3. The van der Waals surface area contributed by atoms with E-state index in [9.17, 15) is 0 Å². The van der Waals surface area contributed by atoms with Crippen LogP contribution < -0.4 is 4.90 Å². The van der Waals surface area contributed by atoms with Crippen LogP contribution in [0.5, 0.6) is 0 Å². The van der Waals surface area contributed by atoms with Crippen LogP contribution in [0, 0.1) is 0 Å². The third kappa shape index (κ3) is 5.26. The average molecular weight is 714 g/mol. The molecule has 11 aromatic rings. The number of hydrogen-bond acceptors (Lipinski definition) is 2. The van der Waals surface area contributed by atoms with Crippen LogP contribution in [0.3, 0.4) is 0 Å². The molecule has 2 heteroatoms. The summed E-state index contributed by atoms with van der Waals surface area (Å²) in [7, 11) is 0. The van der Waals surface area contributed by atoms with Crippen molar-refractivity contribution < 1.29 is 4.42 Å². The zero-order valence-corrected chi connectivity index (χ0v) is 30.6. The Labute approximate surface area is 325 Å². The van der Waals surface area contributed by atoms with Gasteiger partial charge in [-0.3, -0.25) is 0 Å². The summed E-state index contributed by atoms with van der Waals surface area (Å²) in [5.41, 5.74) is 12.2. The summed E-state index contributed by atoms with van der Waals surface area (Å²) in [6.07, 6.45) is 0. The van der Waals surface area contributed by atoms with Crippen LogP contribution in [0.1, 0.15) is 0 Å². The van der Waals surface area contributed by atoms with E-state index in [1.165, 1.54) is 43.8 Å². The Morgan fingerprint density at radius 3 is 1.77 bits per heavy atom. The number of benzene rings is 10. The molecule has 0 saturated heterocycles. The maximum absolute atomic E-state index is 6.65. The number of fused-ring (bicyclic) bond motifs is 7. The highest BCUT2D eigenvalue weighted by Gasteiger charge is 2.22. The van der Waals surface area contributed by atoms with E-state index in [1.54, 1.807) is 0 Å². The number of nitrogens with zero attached hydrogens (tertiary/aromatic N) is 1. The van der Waals surface area contributed by atoms with Crippen molar-refractivity contribution in [2.45, 2.75) is 0 Å². The van der Waals surface area contributed by atoms with Gasteiger partial charge in [0.2, 0.25) is 0 Å². The molecule has 0 spiro atoms. The summed E-state index contributed by atoms with van der Waals surface area (Å²) in [6, 6.07) is 76.5. The van der Waals surface area contributed by atoms with Crippen molar-refractivity contribution >= 4 is 71.3 Å². The first kappa shape index (κ1) is 32.0. The molecule has 1 heterocycles. The van der Waals surface area contributed by atoms with Crippen LogP contribution in [0.2, 0.25) is 0 Å². The van der Waals surface area contributed by atoms with Gasteiger partial charge in [0.05, 0.1) is 11.4 Å². The molecule has 56 heavy (non-hydrogen) atoms. The maximum Gasteiger partial charge on any atom is 0.143 e. The Hall–Kier alpha value is -7.42. The zero-order valence-electron chi connectivity index (χ0n) is 30.6. The van der Waals surface area contributed by atoms with E-state index in [0.717, 1.165) is 60.9 Å². The number of furan rings is 1. The van der Waals surface area contributed by atoms with Crippen molar-refractivity contribution in [2.75, 3.05) is 4.90 Å². The van der Waals surface area contributed by atoms with Crippen LogP contribution in [0.15, 0.2) is 217 Å². The Balaban J connectivity index is 1.09. The molecule has 0 aliphatic rings. The van der Waals surface area contributed by atoms with E-state index in [1.807, 2.05) is 6.07 Å². The van der Waals surface area contributed by atoms with Crippen molar-refractivity contribution in [2.24, 2.45) is 0 Å². The standard InChI is InChI=1S/C54H35NO/c1-3-20-43-37(13-1)15-10-24-44(43)41-19-9-18-40(35-41)36-29-32-42(33-30-36)55(50-27-12-16-38-14-2-4-21-45(38)50)51-26-7-5-22-46(51)48-25-11-17-39-31-34-49-47-23-6-8-28-52(47)56-54(49)53(39)48/h1-35H. The van der Waals surface area contributed by atoms with Gasteiger partial charge in [-0.25, -0.2) is 0 Å². The van der Waals surface area contributed by atoms with E-state index in [-0.39, 0.29) is 0 Å². The first-order valence-electron chi connectivity index (χ1n) is 19.2. The minimum absolute atomic E-state index is 0.901. The molecule has 1 aromatic heterocycles. The number of para-hydroxylation sites is 2. The fraction of sp³-hybridized carbons (Fsp3) is 0. The van der Waals surface area contributed by atoms with Gasteiger partial charge >= 0.3 is 0 Å². The monoisotopic (exact) mass is 713 g/mol. The lowest BCUT2D eigenvalue weighted by atomic mass is 9.94. The van der Waals surface area contributed by atoms with Crippen LogP contribution in [-0.4, -0.2) is 0 Å². The van der Waals surface area contributed by atoms with Crippen LogP contribution in [0.25, 0.3) is 87.6 Å². The molecule has 0 atom stereocenters. The molecule has 0 unspecified atom stereocenters. The van der Waals surface area contributed by atoms with Crippen LogP contribution >= 0.6 is 0 Å². The fourth-order valence-electron chi connectivity index (χ4n) is 8.63. The first-order chi connectivity index (χ1) is 27.8. The molecular weight excluding hydrogens is 679 g/mol. The maximum atomic E-state index is 6.65. The van der Waals surface area contributed by atoms with Crippen molar-refractivity contribution in [3.63, 3.8) is 0 Å². The number of rotatable bonds is 6. The largest absolute Gasteiger partial charge is 0.455 e. The van der Waals surface area contributed by atoms with Gasteiger partial charge in [0.25, 0.3) is 0 Å². The molecule has 0 aliphatic heterocycles. The Kier molecular flexibility index (Phi) is 7.53. The highest BCUT2D eigenvalue weighted by atomic mass is 16.3. The smallest absolute Gasteiger partial charge is 0.143 e. The molecule has 0 fully saturated rings. The molecule has 0 saturated carbocycles. The van der Waals surface area contributed by atoms with Gasteiger partial charge in [-0.05, 0) is 91.8 Å². The summed E-state index contributed by atoms with van der Waals surface area (Å²) < 4.78 is 6.65. The predicted octanol–water partition coefficient (Wildman–Crippen LogP) is 15.5. The second-order valence-electron chi connectivity index (χ2n) is 14.4. The van der Waals surface area contributed by atoms with Crippen molar-refractivity contribution in [1.29, 1.82) is 0 Å². The van der Waals surface area contributed by atoms with Gasteiger partial charge in [0.1, 0.15) is 11.2 Å². The molecule has 0 N–H and O–H groups in total. The molecule has 262 valence electrons.